The van der Waals surface area contributed by atoms with E-state index >= 15 is 0 Å². The number of hydrogen-bond acceptors (Lipinski definition) is 5. The summed E-state index contributed by atoms with van der Waals surface area (Å²) in [6, 6.07) is 6.95. The van der Waals surface area contributed by atoms with Gasteiger partial charge in [-0.05, 0) is 37.4 Å². The Bertz CT molecular complexity index is 988. The first-order valence-corrected chi connectivity index (χ1v) is 7.27. The lowest BCUT2D eigenvalue weighted by atomic mass is 10.1. The zero-order valence-corrected chi connectivity index (χ0v) is 13.2. The number of hydrazine groups is 1. The lowest BCUT2D eigenvalue weighted by molar-refractivity contribution is -0.117. The van der Waals surface area contributed by atoms with Crippen LogP contribution in [0.15, 0.2) is 34.6 Å². The van der Waals surface area contributed by atoms with Crippen molar-refractivity contribution in [2.75, 3.05) is 5.01 Å². The van der Waals surface area contributed by atoms with E-state index in [1.807, 2.05) is 6.92 Å². The van der Waals surface area contributed by atoms with Crippen LogP contribution in [-0.4, -0.2) is 26.9 Å². The maximum Gasteiger partial charge on any atom is 0.282 e. The van der Waals surface area contributed by atoms with Gasteiger partial charge in [-0.3, -0.25) is 24.8 Å². The molecule has 122 valence electrons. The van der Waals surface area contributed by atoms with Gasteiger partial charge in [0.05, 0.1) is 5.69 Å². The molecule has 2 heterocycles. The zero-order valence-electron chi connectivity index (χ0n) is 12.4. The van der Waals surface area contributed by atoms with Gasteiger partial charge in [-0.1, -0.05) is 17.7 Å². The molecule has 0 saturated carbocycles. The molecule has 24 heavy (non-hydrogen) atoms. The van der Waals surface area contributed by atoms with E-state index < -0.39 is 23.3 Å². The molecule has 1 aliphatic rings. The third-order valence-electron chi connectivity index (χ3n) is 3.43. The first kappa shape index (κ1) is 15.7. The number of H-pyrrole nitrogens is 2. The molecule has 1 aromatic carbocycles. The van der Waals surface area contributed by atoms with Crippen LogP contribution < -0.4 is 16.0 Å². The average Bonchev–Trinajstić information content (AvgIpc) is 2.79. The molecular weight excluding hydrogens is 332 g/mol. The molecule has 0 aliphatic carbocycles. The van der Waals surface area contributed by atoms with Crippen molar-refractivity contribution in [1.82, 2.24) is 15.4 Å². The van der Waals surface area contributed by atoms with E-state index in [4.69, 9.17) is 12.2 Å². The molecule has 4 N–H and O–H groups in total. The third-order valence-corrected chi connectivity index (χ3v) is 3.64. The van der Waals surface area contributed by atoms with Crippen molar-refractivity contribution in [1.29, 1.82) is 0 Å². The summed E-state index contributed by atoms with van der Waals surface area (Å²) in [7, 11) is 0. The van der Waals surface area contributed by atoms with E-state index in [9.17, 15) is 19.5 Å². The molecule has 1 aromatic heterocycles. The maximum atomic E-state index is 12.4. The number of rotatable bonds is 2. The minimum absolute atomic E-state index is 0.0665. The number of anilines is 1. The van der Waals surface area contributed by atoms with Crippen molar-refractivity contribution >= 4 is 35.8 Å². The monoisotopic (exact) mass is 344 g/mol. The summed E-state index contributed by atoms with van der Waals surface area (Å²) in [6.45, 7) is 1.90. The Balaban J connectivity index is 2.02. The Labute approximate surface area is 140 Å². The van der Waals surface area contributed by atoms with Crippen LogP contribution in [0.1, 0.15) is 11.1 Å². The van der Waals surface area contributed by atoms with Gasteiger partial charge in [-0.25, -0.2) is 5.01 Å². The van der Waals surface area contributed by atoms with Crippen molar-refractivity contribution in [2.45, 2.75) is 6.92 Å². The number of amides is 2. The van der Waals surface area contributed by atoms with Crippen LogP contribution in [0.2, 0.25) is 0 Å². The van der Waals surface area contributed by atoms with Crippen LogP contribution in [0.3, 0.4) is 0 Å². The summed E-state index contributed by atoms with van der Waals surface area (Å²) >= 11 is 4.72. The highest BCUT2D eigenvalue weighted by atomic mass is 32.1. The Morgan fingerprint density at radius 3 is 2.42 bits per heavy atom. The van der Waals surface area contributed by atoms with Gasteiger partial charge in [-0.15, -0.1) is 0 Å². The van der Waals surface area contributed by atoms with E-state index in [0.29, 0.717) is 5.69 Å². The molecule has 0 atom stereocenters. The highest BCUT2D eigenvalue weighted by Crippen LogP contribution is 2.22. The van der Waals surface area contributed by atoms with E-state index in [-0.39, 0.29) is 15.9 Å². The van der Waals surface area contributed by atoms with Crippen LogP contribution in [-0.2, 0) is 9.59 Å². The van der Waals surface area contributed by atoms with Crippen LogP contribution in [0.25, 0.3) is 6.08 Å². The van der Waals surface area contributed by atoms with E-state index in [2.05, 4.69) is 15.4 Å². The summed E-state index contributed by atoms with van der Waals surface area (Å²) < 4.78 is -0.0665. The first-order valence-electron chi connectivity index (χ1n) is 6.86. The summed E-state index contributed by atoms with van der Waals surface area (Å²) in [5.74, 6) is -1.84. The Morgan fingerprint density at radius 1 is 1.12 bits per heavy atom. The summed E-state index contributed by atoms with van der Waals surface area (Å²) in [6.07, 6.45) is 1.02. The number of aromatic nitrogens is 2. The van der Waals surface area contributed by atoms with Crippen LogP contribution >= 0.6 is 12.2 Å². The highest BCUT2D eigenvalue weighted by Gasteiger charge is 2.34. The molecule has 3 rings (SSSR count). The third kappa shape index (κ3) is 2.72. The van der Waals surface area contributed by atoms with Gasteiger partial charge in [-0.2, -0.15) is 0 Å². The summed E-state index contributed by atoms with van der Waals surface area (Å²) in [5, 5.41) is 10.8. The SMILES string of the molecule is Cc1ccc(N2NC(=O)C(=Cc3c(O)[nH]c(=S)[nH]c3=O)C2=O)cc1. The standard InChI is InChI=1S/C15H12N4O4S/c1-7-2-4-8(5-3-7)19-14(23)10(13(22)18-19)6-9-11(20)16-15(24)17-12(9)21/h2-6H,1H3,(H,18,22)(H3,16,17,20,21,24). The normalized spacial score (nSPS) is 15.9. The fourth-order valence-electron chi connectivity index (χ4n) is 2.20. The van der Waals surface area contributed by atoms with Crippen molar-refractivity contribution in [3.05, 3.63) is 56.1 Å². The molecule has 0 unspecified atom stereocenters. The largest absolute Gasteiger partial charge is 0.494 e. The van der Waals surface area contributed by atoms with E-state index in [1.54, 1.807) is 24.3 Å². The number of aromatic amines is 2. The van der Waals surface area contributed by atoms with E-state index in [0.717, 1.165) is 16.6 Å². The topological polar surface area (TPSA) is 118 Å². The number of aromatic hydroxyl groups is 1. The van der Waals surface area contributed by atoms with Crippen molar-refractivity contribution in [3.63, 3.8) is 0 Å². The van der Waals surface area contributed by atoms with Gasteiger partial charge in [0.15, 0.2) is 4.77 Å². The van der Waals surface area contributed by atoms with Crippen molar-refractivity contribution in [3.8, 4) is 5.88 Å². The second kappa shape index (κ2) is 5.78. The van der Waals surface area contributed by atoms with Crippen LogP contribution in [0.5, 0.6) is 5.88 Å². The molecule has 0 spiro atoms. The van der Waals surface area contributed by atoms with E-state index in [1.165, 1.54) is 0 Å². The molecule has 2 aromatic rings. The smallest absolute Gasteiger partial charge is 0.282 e. The summed E-state index contributed by atoms with van der Waals surface area (Å²) in [5.41, 5.74) is 2.65. The van der Waals surface area contributed by atoms with Crippen LogP contribution in [0, 0.1) is 11.7 Å². The lowest BCUT2D eigenvalue weighted by Gasteiger charge is -2.14. The van der Waals surface area contributed by atoms with Gasteiger partial charge in [0.2, 0.25) is 5.88 Å². The minimum atomic E-state index is -0.710. The van der Waals surface area contributed by atoms with Gasteiger partial charge >= 0.3 is 0 Å². The molecule has 1 aliphatic heterocycles. The second-order valence-corrected chi connectivity index (χ2v) is 5.55. The number of nitrogens with one attached hydrogen (secondary N) is 3. The molecule has 1 fully saturated rings. The molecular formula is C15H12N4O4S. The molecule has 8 nitrogen and oxygen atoms in total. The number of carbonyl (C=O) groups is 2. The van der Waals surface area contributed by atoms with Gasteiger partial charge in [0.25, 0.3) is 17.4 Å². The predicted octanol–water partition coefficient (Wildman–Crippen LogP) is 0.908. The zero-order chi connectivity index (χ0) is 17.4. The van der Waals surface area contributed by atoms with Crippen molar-refractivity contribution in [2.24, 2.45) is 0 Å². The quantitative estimate of drug-likeness (QED) is 0.367. The molecule has 9 heteroatoms. The Kier molecular flexibility index (Phi) is 3.78. The molecule has 1 saturated heterocycles. The fraction of sp³-hybridized carbons (Fsp3) is 0.0667. The number of hydrogen-bond donors (Lipinski definition) is 4. The highest BCUT2D eigenvalue weighted by molar-refractivity contribution is 7.71. The maximum absolute atomic E-state index is 12.4. The molecule has 0 bridgehead atoms. The first-order chi connectivity index (χ1) is 11.4. The number of benzene rings is 1. The number of aryl methyl sites for hydroxylation is 1. The van der Waals surface area contributed by atoms with Crippen LogP contribution in [0.4, 0.5) is 5.69 Å². The summed E-state index contributed by atoms with van der Waals surface area (Å²) in [4.78, 5) is 41.0. The van der Waals surface area contributed by atoms with Gasteiger partial charge in [0, 0.05) is 0 Å². The predicted molar refractivity (Wildman–Crippen MR) is 88.7 cm³/mol. The fourth-order valence-corrected chi connectivity index (χ4v) is 2.38. The van der Waals surface area contributed by atoms with Crippen molar-refractivity contribution < 1.29 is 14.7 Å². The Morgan fingerprint density at radius 2 is 1.79 bits per heavy atom. The molecule has 2 amide bonds. The van der Waals surface area contributed by atoms with Gasteiger partial charge < -0.3 is 10.1 Å². The minimum Gasteiger partial charge on any atom is -0.494 e. The lowest BCUT2D eigenvalue weighted by Crippen LogP contribution is -2.35. The molecule has 0 radical (unpaired) electrons. The van der Waals surface area contributed by atoms with Gasteiger partial charge in [0.1, 0.15) is 11.1 Å². The number of nitrogens with zero attached hydrogens (tertiary/aromatic N) is 1. The number of carbonyl (C=O) groups excluding carboxylic acids is 2. The second-order valence-electron chi connectivity index (χ2n) is 5.15. The average molecular weight is 344 g/mol. The Hall–Kier alpha value is -3.20.